The van der Waals surface area contributed by atoms with Crippen LogP contribution in [-0.2, 0) is 0 Å². The van der Waals surface area contributed by atoms with Gasteiger partial charge in [0, 0.05) is 6.04 Å². The lowest BCUT2D eigenvalue weighted by Crippen LogP contribution is -2.37. The summed E-state index contributed by atoms with van der Waals surface area (Å²) in [6, 6.07) is 0.267. The van der Waals surface area contributed by atoms with Crippen LogP contribution in [0.2, 0.25) is 0 Å². The largest absolute Gasteiger partial charge is 0.395 e. The smallest absolute Gasteiger partial charge is 0.0587 e. The van der Waals surface area contributed by atoms with Crippen LogP contribution in [0.4, 0.5) is 0 Å². The fraction of sp³-hybridized carbons (Fsp3) is 0.913. The van der Waals surface area contributed by atoms with E-state index in [0.29, 0.717) is 5.92 Å². The van der Waals surface area contributed by atoms with Gasteiger partial charge >= 0.3 is 0 Å². The molecule has 0 amide bonds. The van der Waals surface area contributed by atoms with Gasteiger partial charge in [-0.05, 0) is 44.6 Å². The topological polar surface area (TPSA) is 32.3 Å². The van der Waals surface area contributed by atoms with Crippen LogP contribution >= 0.6 is 0 Å². The first kappa shape index (κ1) is 24.7. The molecule has 2 nitrogen and oxygen atoms in total. The van der Waals surface area contributed by atoms with Crippen molar-refractivity contribution in [3.63, 3.8) is 0 Å². The van der Waals surface area contributed by atoms with Crippen molar-refractivity contribution in [1.29, 1.82) is 0 Å². The summed E-state index contributed by atoms with van der Waals surface area (Å²) in [5.74, 6) is 0.513. The van der Waals surface area contributed by atoms with Gasteiger partial charge in [-0.2, -0.15) is 0 Å². The van der Waals surface area contributed by atoms with E-state index >= 15 is 0 Å². The highest BCUT2D eigenvalue weighted by atomic mass is 16.3. The summed E-state index contributed by atoms with van der Waals surface area (Å²) >= 11 is 0. The summed E-state index contributed by atoms with van der Waals surface area (Å²) in [5, 5.41) is 12.7. The highest BCUT2D eigenvalue weighted by molar-refractivity contribution is 4.81. The fourth-order valence-electron chi connectivity index (χ4n) is 3.17. The molecule has 0 aliphatic rings. The second-order valence-electron chi connectivity index (χ2n) is 7.93. The minimum absolute atomic E-state index is 0.254. The van der Waals surface area contributed by atoms with Crippen molar-refractivity contribution in [2.75, 3.05) is 13.2 Å². The molecule has 0 spiro atoms. The highest BCUT2D eigenvalue weighted by Gasteiger charge is 2.09. The number of aliphatic hydroxyl groups excluding tert-OH is 1. The zero-order chi connectivity index (χ0) is 18.6. The summed E-state index contributed by atoms with van der Waals surface area (Å²) in [7, 11) is 0. The fourth-order valence-corrected chi connectivity index (χ4v) is 3.17. The SMILES string of the molecule is CCCCCCCC/C=C\CCCCCCCCN[C@H](CO)C(C)C. The van der Waals surface area contributed by atoms with Crippen molar-refractivity contribution < 1.29 is 5.11 Å². The van der Waals surface area contributed by atoms with Crippen LogP contribution in [0.1, 0.15) is 111 Å². The van der Waals surface area contributed by atoms with Gasteiger partial charge in [0.1, 0.15) is 0 Å². The Balaban J connectivity index is 3.19. The Morgan fingerprint density at radius 1 is 0.720 bits per heavy atom. The molecule has 0 aromatic rings. The van der Waals surface area contributed by atoms with Gasteiger partial charge in [0.2, 0.25) is 0 Å². The quantitative estimate of drug-likeness (QED) is 0.202. The lowest BCUT2D eigenvalue weighted by atomic mass is 10.0. The molecule has 25 heavy (non-hydrogen) atoms. The Hall–Kier alpha value is -0.340. The maximum atomic E-state index is 9.26. The van der Waals surface area contributed by atoms with Gasteiger partial charge < -0.3 is 10.4 Å². The van der Waals surface area contributed by atoms with E-state index in [1.165, 1.54) is 89.9 Å². The zero-order valence-corrected chi connectivity index (χ0v) is 17.6. The second kappa shape index (κ2) is 20.0. The van der Waals surface area contributed by atoms with E-state index in [1.54, 1.807) is 0 Å². The molecule has 0 rings (SSSR count). The second-order valence-corrected chi connectivity index (χ2v) is 7.93. The van der Waals surface area contributed by atoms with Gasteiger partial charge in [-0.25, -0.2) is 0 Å². The van der Waals surface area contributed by atoms with E-state index < -0.39 is 0 Å². The van der Waals surface area contributed by atoms with Crippen LogP contribution in [0.3, 0.4) is 0 Å². The molecule has 1 atom stereocenters. The van der Waals surface area contributed by atoms with E-state index in [-0.39, 0.29) is 12.6 Å². The van der Waals surface area contributed by atoms with Crippen molar-refractivity contribution in [2.24, 2.45) is 5.92 Å². The molecule has 0 aliphatic carbocycles. The molecule has 150 valence electrons. The number of hydrogen-bond acceptors (Lipinski definition) is 2. The molecule has 0 heterocycles. The first-order valence-corrected chi connectivity index (χ1v) is 11.2. The Morgan fingerprint density at radius 2 is 1.20 bits per heavy atom. The van der Waals surface area contributed by atoms with E-state index in [4.69, 9.17) is 0 Å². The summed E-state index contributed by atoms with van der Waals surface area (Å²) < 4.78 is 0. The van der Waals surface area contributed by atoms with Crippen molar-refractivity contribution >= 4 is 0 Å². The van der Waals surface area contributed by atoms with E-state index in [0.717, 1.165) is 6.54 Å². The third-order valence-corrected chi connectivity index (χ3v) is 5.10. The maximum absolute atomic E-state index is 9.26. The molecule has 2 N–H and O–H groups in total. The van der Waals surface area contributed by atoms with Crippen LogP contribution in [0.25, 0.3) is 0 Å². The molecule has 0 saturated carbocycles. The maximum Gasteiger partial charge on any atom is 0.0587 e. The molecular weight excluding hydrogens is 306 g/mol. The Kier molecular flexibility index (Phi) is 19.7. The minimum atomic E-state index is 0.254. The summed E-state index contributed by atoms with van der Waals surface area (Å²) in [6.45, 7) is 7.90. The normalized spacial score (nSPS) is 13.2. The number of unbranched alkanes of at least 4 members (excludes halogenated alkanes) is 12. The first-order valence-electron chi connectivity index (χ1n) is 11.2. The standard InChI is InChI=1S/C23H47NO/c1-4-5-6-7-8-9-10-11-12-13-14-15-16-17-18-19-20-24-23(21-25)22(2)3/h11-12,22-25H,4-10,13-21H2,1-3H3/b12-11-/t23-/m1/s1. The van der Waals surface area contributed by atoms with Crippen LogP contribution in [0.15, 0.2) is 12.2 Å². The van der Waals surface area contributed by atoms with Gasteiger partial charge in [-0.3, -0.25) is 0 Å². The van der Waals surface area contributed by atoms with Crippen LogP contribution in [0, 0.1) is 5.92 Å². The van der Waals surface area contributed by atoms with Gasteiger partial charge in [0.05, 0.1) is 6.61 Å². The van der Waals surface area contributed by atoms with Crippen molar-refractivity contribution in [3.8, 4) is 0 Å². The van der Waals surface area contributed by atoms with Crippen molar-refractivity contribution in [2.45, 2.75) is 117 Å². The van der Waals surface area contributed by atoms with E-state index in [1.807, 2.05) is 0 Å². The summed E-state index contributed by atoms with van der Waals surface area (Å²) in [5.41, 5.74) is 0. The summed E-state index contributed by atoms with van der Waals surface area (Å²) in [6.07, 6.45) is 23.8. The molecular formula is C23H47NO. The van der Waals surface area contributed by atoms with Gasteiger partial charge in [-0.1, -0.05) is 90.7 Å². The van der Waals surface area contributed by atoms with Gasteiger partial charge in [-0.15, -0.1) is 0 Å². The Bertz CT molecular complexity index is 275. The Morgan fingerprint density at radius 3 is 1.68 bits per heavy atom. The van der Waals surface area contributed by atoms with Gasteiger partial charge in [0.25, 0.3) is 0 Å². The molecule has 0 radical (unpaired) electrons. The molecule has 0 aliphatic heterocycles. The van der Waals surface area contributed by atoms with E-state index in [9.17, 15) is 5.11 Å². The van der Waals surface area contributed by atoms with Crippen molar-refractivity contribution in [3.05, 3.63) is 12.2 Å². The number of allylic oxidation sites excluding steroid dienone is 2. The molecule has 0 aromatic heterocycles. The molecule has 2 heteroatoms. The lowest BCUT2D eigenvalue weighted by molar-refractivity contribution is 0.210. The van der Waals surface area contributed by atoms with Crippen LogP contribution in [0.5, 0.6) is 0 Å². The molecule has 0 saturated heterocycles. The average molecular weight is 354 g/mol. The molecule has 0 aromatic carbocycles. The number of nitrogens with one attached hydrogen (secondary N) is 1. The van der Waals surface area contributed by atoms with Gasteiger partial charge in [0.15, 0.2) is 0 Å². The van der Waals surface area contributed by atoms with Crippen LogP contribution in [-0.4, -0.2) is 24.3 Å². The third-order valence-electron chi connectivity index (χ3n) is 5.10. The first-order chi connectivity index (χ1) is 12.2. The zero-order valence-electron chi connectivity index (χ0n) is 17.6. The predicted octanol–water partition coefficient (Wildman–Crippen LogP) is 6.63. The predicted molar refractivity (Wildman–Crippen MR) is 113 cm³/mol. The number of rotatable bonds is 19. The minimum Gasteiger partial charge on any atom is -0.395 e. The Labute approximate surface area is 158 Å². The molecule has 0 bridgehead atoms. The monoisotopic (exact) mass is 353 g/mol. The van der Waals surface area contributed by atoms with Crippen LogP contribution < -0.4 is 5.32 Å². The number of hydrogen-bond donors (Lipinski definition) is 2. The molecule has 0 unspecified atom stereocenters. The van der Waals surface area contributed by atoms with Crippen molar-refractivity contribution in [1.82, 2.24) is 5.32 Å². The molecule has 0 fully saturated rings. The lowest BCUT2D eigenvalue weighted by Gasteiger charge is -2.19. The average Bonchev–Trinajstić information content (AvgIpc) is 2.60. The third kappa shape index (κ3) is 18.3. The van der Waals surface area contributed by atoms with E-state index in [2.05, 4.69) is 38.2 Å². The summed E-state index contributed by atoms with van der Waals surface area (Å²) in [4.78, 5) is 0. The number of aliphatic hydroxyl groups is 1. The highest BCUT2D eigenvalue weighted by Crippen LogP contribution is 2.10.